The summed E-state index contributed by atoms with van der Waals surface area (Å²) in [6.07, 6.45) is 3.03. The molecule has 0 bridgehead atoms. The van der Waals surface area contributed by atoms with Crippen molar-refractivity contribution in [1.82, 2.24) is 9.80 Å². The van der Waals surface area contributed by atoms with Crippen LogP contribution in [0.15, 0.2) is 24.3 Å². The zero-order chi connectivity index (χ0) is 16.7. The first kappa shape index (κ1) is 21.0. The molecule has 0 amide bonds. The van der Waals surface area contributed by atoms with E-state index in [0.717, 1.165) is 44.6 Å². The molecular weight excluding hydrogens is 351 g/mol. The molecule has 136 valence electrons. The predicted octanol–water partition coefficient (Wildman–Crippen LogP) is 3.01. The minimum atomic E-state index is -0.756. The van der Waals surface area contributed by atoms with Crippen molar-refractivity contribution >= 4 is 30.0 Å². The van der Waals surface area contributed by atoms with Crippen LogP contribution in [0.5, 0.6) is 5.75 Å². The van der Waals surface area contributed by atoms with Gasteiger partial charge in [-0.3, -0.25) is 9.69 Å². The molecule has 1 saturated heterocycles. The number of ether oxygens (including phenoxy) is 1. The Morgan fingerprint density at radius 3 is 2.75 bits per heavy atom. The molecule has 0 aromatic heterocycles. The summed E-state index contributed by atoms with van der Waals surface area (Å²) in [5.74, 6) is 0.0552. The Balaban J connectivity index is 0.00000288. The molecule has 1 fully saturated rings. The molecule has 1 N–H and O–H groups in total. The van der Waals surface area contributed by atoms with E-state index in [4.69, 9.17) is 21.4 Å². The van der Waals surface area contributed by atoms with Gasteiger partial charge < -0.3 is 14.7 Å². The Hall–Kier alpha value is -1.01. The number of hydrogen-bond donors (Lipinski definition) is 1. The van der Waals surface area contributed by atoms with Crippen molar-refractivity contribution in [2.75, 3.05) is 39.8 Å². The topological polar surface area (TPSA) is 53.0 Å². The van der Waals surface area contributed by atoms with Crippen LogP contribution < -0.4 is 4.74 Å². The number of piperidine rings is 1. The lowest BCUT2D eigenvalue weighted by atomic mass is 10.0. The fourth-order valence-corrected chi connectivity index (χ4v) is 3.14. The van der Waals surface area contributed by atoms with Gasteiger partial charge in [0.2, 0.25) is 0 Å². The quantitative estimate of drug-likeness (QED) is 0.706. The number of likely N-dealkylation sites (tertiary alicyclic amines) is 1. The molecule has 0 saturated carbocycles. The highest BCUT2D eigenvalue weighted by atomic mass is 35.5. The van der Waals surface area contributed by atoms with Crippen molar-refractivity contribution in [3.05, 3.63) is 29.3 Å². The zero-order valence-corrected chi connectivity index (χ0v) is 15.6. The zero-order valence-electron chi connectivity index (χ0n) is 14.0. The molecule has 0 aliphatic carbocycles. The third-order valence-corrected chi connectivity index (χ3v) is 4.48. The number of carbonyl (C=O) groups is 1. The molecular formula is C17H26Cl2N2O3. The van der Waals surface area contributed by atoms with Gasteiger partial charge in [0.15, 0.2) is 0 Å². The number of aliphatic carboxylic acids is 1. The molecule has 1 aliphatic heterocycles. The third-order valence-electron chi connectivity index (χ3n) is 4.25. The summed E-state index contributed by atoms with van der Waals surface area (Å²) in [4.78, 5) is 15.1. The van der Waals surface area contributed by atoms with E-state index in [1.54, 1.807) is 0 Å². The van der Waals surface area contributed by atoms with Gasteiger partial charge in [-0.05, 0) is 57.6 Å². The highest BCUT2D eigenvalue weighted by molar-refractivity contribution is 6.30. The molecule has 0 radical (unpaired) electrons. The maximum absolute atomic E-state index is 10.8. The van der Waals surface area contributed by atoms with Crippen molar-refractivity contribution in [3.8, 4) is 5.75 Å². The Labute approximate surface area is 154 Å². The van der Waals surface area contributed by atoms with Crippen LogP contribution in [0.1, 0.15) is 19.3 Å². The summed E-state index contributed by atoms with van der Waals surface area (Å²) < 4.78 is 5.70. The smallest absolute Gasteiger partial charge is 0.317 e. The molecule has 1 aromatic carbocycles. The number of halogens is 2. The van der Waals surface area contributed by atoms with Crippen LogP contribution in [0.25, 0.3) is 0 Å². The van der Waals surface area contributed by atoms with E-state index in [9.17, 15) is 4.79 Å². The van der Waals surface area contributed by atoms with Crippen LogP contribution in [-0.4, -0.2) is 66.8 Å². The van der Waals surface area contributed by atoms with Crippen LogP contribution in [-0.2, 0) is 4.79 Å². The number of likely N-dealkylation sites (N-methyl/N-ethyl adjacent to an activating group) is 1. The molecule has 2 rings (SSSR count). The summed E-state index contributed by atoms with van der Waals surface area (Å²) in [5, 5.41) is 9.54. The van der Waals surface area contributed by atoms with E-state index in [1.165, 1.54) is 0 Å². The highest BCUT2D eigenvalue weighted by Crippen LogP contribution is 2.18. The third kappa shape index (κ3) is 7.26. The lowest BCUT2D eigenvalue weighted by molar-refractivity contribution is -0.138. The van der Waals surface area contributed by atoms with Crippen LogP contribution in [0.2, 0.25) is 5.02 Å². The predicted molar refractivity (Wildman–Crippen MR) is 98.5 cm³/mol. The van der Waals surface area contributed by atoms with E-state index >= 15 is 0 Å². The van der Waals surface area contributed by atoms with Crippen molar-refractivity contribution in [2.24, 2.45) is 0 Å². The minimum Gasteiger partial charge on any atom is -0.493 e. The van der Waals surface area contributed by atoms with E-state index in [-0.39, 0.29) is 19.0 Å². The van der Waals surface area contributed by atoms with Crippen LogP contribution in [0, 0.1) is 0 Å². The normalized spacial score (nSPS) is 16.0. The lowest BCUT2D eigenvalue weighted by Crippen LogP contribution is -2.45. The van der Waals surface area contributed by atoms with Crippen molar-refractivity contribution in [2.45, 2.75) is 25.3 Å². The number of hydrogen-bond acceptors (Lipinski definition) is 4. The van der Waals surface area contributed by atoms with Crippen molar-refractivity contribution < 1.29 is 14.6 Å². The van der Waals surface area contributed by atoms with Gasteiger partial charge in [-0.2, -0.15) is 0 Å². The number of rotatable bonds is 8. The first-order chi connectivity index (χ1) is 11.0. The van der Waals surface area contributed by atoms with Crippen LogP contribution in [0.4, 0.5) is 0 Å². The Morgan fingerprint density at radius 1 is 1.42 bits per heavy atom. The molecule has 24 heavy (non-hydrogen) atoms. The molecule has 1 heterocycles. The summed E-state index contributed by atoms with van der Waals surface area (Å²) in [6, 6.07) is 7.84. The second-order valence-corrected chi connectivity index (χ2v) is 6.48. The molecule has 0 spiro atoms. The summed E-state index contributed by atoms with van der Waals surface area (Å²) in [5.41, 5.74) is 0. The lowest BCUT2D eigenvalue weighted by Gasteiger charge is -2.36. The second kappa shape index (κ2) is 10.8. The maximum atomic E-state index is 10.8. The Kier molecular flexibility index (Phi) is 9.44. The maximum Gasteiger partial charge on any atom is 0.317 e. The van der Waals surface area contributed by atoms with Gasteiger partial charge in [-0.15, -0.1) is 12.4 Å². The largest absolute Gasteiger partial charge is 0.493 e. The Bertz CT molecular complexity index is 508. The first-order valence-corrected chi connectivity index (χ1v) is 8.45. The van der Waals surface area contributed by atoms with Crippen molar-refractivity contribution in [1.29, 1.82) is 0 Å². The fourth-order valence-electron chi connectivity index (χ4n) is 2.96. The van der Waals surface area contributed by atoms with E-state index < -0.39 is 5.97 Å². The number of nitrogens with zero attached hydrogens (tertiary/aromatic N) is 2. The number of carboxylic acid groups (broad SMARTS) is 1. The molecule has 1 aliphatic rings. The van der Waals surface area contributed by atoms with Gasteiger partial charge in [0.25, 0.3) is 0 Å². The average Bonchev–Trinajstić information content (AvgIpc) is 2.51. The minimum absolute atomic E-state index is 0. The second-order valence-electron chi connectivity index (χ2n) is 6.04. The molecule has 5 nitrogen and oxygen atoms in total. The van der Waals surface area contributed by atoms with Gasteiger partial charge in [-0.25, -0.2) is 0 Å². The molecule has 0 unspecified atom stereocenters. The van der Waals surface area contributed by atoms with Gasteiger partial charge in [0.05, 0.1) is 13.2 Å². The SMILES string of the molecule is CN(CC(=O)O)C1CCN(CCCOc2cccc(Cl)c2)CC1.Cl. The van der Waals surface area contributed by atoms with Gasteiger partial charge in [0.1, 0.15) is 5.75 Å². The van der Waals surface area contributed by atoms with Crippen LogP contribution in [0.3, 0.4) is 0 Å². The molecule has 7 heteroatoms. The number of benzene rings is 1. The first-order valence-electron chi connectivity index (χ1n) is 8.07. The highest BCUT2D eigenvalue weighted by Gasteiger charge is 2.23. The molecule has 1 aromatic rings. The van der Waals surface area contributed by atoms with E-state index in [0.29, 0.717) is 17.7 Å². The van der Waals surface area contributed by atoms with Gasteiger partial charge in [-0.1, -0.05) is 17.7 Å². The van der Waals surface area contributed by atoms with E-state index in [2.05, 4.69) is 4.90 Å². The standard InChI is InChI=1S/C17H25ClN2O3.ClH/c1-19(13-17(21)22)15-6-9-20(10-7-15)8-3-11-23-16-5-2-4-14(18)12-16;/h2,4-5,12,15H,3,6-11,13H2,1H3,(H,21,22);1H. The summed E-state index contributed by atoms with van der Waals surface area (Å²) in [6.45, 7) is 3.85. The molecule has 0 atom stereocenters. The monoisotopic (exact) mass is 376 g/mol. The average molecular weight is 377 g/mol. The van der Waals surface area contributed by atoms with Gasteiger partial charge >= 0.3 is 5.97 Å². The number of carboxylic acids is 1. The van der Waals surface area contributed by atoms with Crippen molar-refractivity contribution in [3.63, 3.8) is 0 Å². The van der Waals surface area contributed by atoms with Gasteiger partial charge in [0, 0.05) is 17.6 Å². The Morgan fingerprint density at radius 2 is 2.12 bits per heavy atom. The summed E-state index contributed by atoms with van der Waals surface area (Å²) >= 11 is 5.92. The fraction of sp³-hybridized carbons (Fsp3) is 0.588. The van der Waals surface area contributed by atoms with E-state index in [1.807, 2.05) is 36.2 Å². The van der Waals surface area contributed by atoms with Crippen LogP contribution >= 0.6 is 24.0 Å². The summed E-state index contributed by atoms with van der Waals surface area (Å²) in [7, 11) is 1.90.